The predicted octanol–water partition coefficient (Wildman–Crippen LogP) is 4.00. The third kappa shape index (κ3) is 4.33. The van der Waals surface area contributed by atoms with Crippen molar-refractivity contribution in [2.45, 2.75) is 12.6 Å². The van der Waals surface area contributed by atoms with Gasteiger partial charge in [-0.25, -0.2) is 9.07 Å². The Morgan fingerprint density at radius 1 is 1.07 bits per heavy atom. The van der Waals surface area contributed by atoms with Crippen LogP contribution in [-0.4, -0.2) is 22.2 Å². The van der Waals surface area contributed by atoms with Crippen molar-refractivity contribution in [2.75, 3.05) is 6.54 Å². The summed E-state index contributed by atoms with van der Waals surface area (Å²) >= 11 is 0. The molecule has 1 amide bonds. The van der Waals surface area contributed by atoms with Crippen LogP contribution in [0.2, 0.25) is 0 Å². The summed E-state index contributed by atoms with van der Waals surface area (Å²) in [6.45, 7) is 0.0656. The Balaban J connectivity index is 1.79. The summed E-state index contributed by atoms with van der Waals surface area (Å²) in [5, 5.41) is 6.17. The van der Waals surface area contributed by atoms with Crippen LogP contribution in [0.15, 0.2) is 60.8 Å². The summed E-state index contributed by atoms with van der Waals surface area (Å²) in [6, 6.07) is 13.5. The highest BCUT2D eigenvalue weighted by atomic mass is 19.4. The molecule has 3 rings (SSSR count). The van der Waals surface area contributed by atoms with Gasteiger partial charge in [-0.1, -0.05) is 30.3 Å². The van der Waals surface area contributed by atoms with E-state index in [1.807, 2.05) is 0 Å². The number of alkyl halides is 3. The van der Waals surface area contributed by atoms with Gasteiger partial charge in [0.25, 0.3) is 5.91 Å². The Labute approximate surface area is 152 Å². The lowest BCUT2D eigenvalue weighted by Crippen LogP contribution is -2.28. The van der Waals surface area contributed by atoms with Crippen molar-refractivity contribution in [2.24, 2.45) is 0 Å². The quantitative estimate of drug-likeness (QED) is 0.683. The lowest BCUT2D eigenvalue weighted by molar-refractivity contribution is -0.143. The van der Waals surface area contributed by atoms with Gasteiger partial charge in [-0.15, -0.1) is 0 Å². The fraction of sp³-hybridized carbons (Fsp3) is 0.158. The van der Waals surface area contributed by atoms with E-state index in [0.717, 1.165) is 6.20 Å². The third-order valence-electron chi connectivity index (χ3n) is 3.87. The Morgan fingerprint density at radius 3 is 2.48 bits per heavy atom. The van der Waals surface area contributed by atoms with Crippen LogP contribution < -0.4 is 5.32 Å². The van der Waals surface area contributed by atoms with E-state index < -0.39 is 29.2 Å². The van der Waals surface area contributed by atoms with Crippen LogP contribution >= 0.6 is 0 Å². The van der Waals surface area contributed by atoms with Crippen molar-refractivity contribution in [1.82, 2.24) is 15.1 Å². The molecular formula is C19H15F4N3O. The lowest BCUT2D eigenvalue weighted by Gasteiger charge is -2.13. The van der Waals surface area contributed by atoms with Gasteiger partial charge < -0.3 is 5.32 Å². The monoisotopic (exact) mass is 377 g/mol. The van der Waals surface area contributed by atoms with Gasteiger partial charge in [-0.2, -0.15) is 18.3 Å². The summed E-state index contributed by atoms with van der Waals surface area (Å²) in [4.78, 5) is 12.3. The zero-order chi connectivity index (χ0) is 19.4. The number of nitrogens with zero attached hydrogens (tertiary/aromatic N) is 2. The second kappa shape index (κ2) is 7.61. The van der Waals surface area contributed by atoms with E-state index in [2.05, 4.69) is 10.4 Å². The van der Waals surface area contributed by atoms with E-state index in [0.29, 0.717) is 10.2 Å². The van der Waals surface area contributed by atoms with Crippen molar-refractivity contribution in [3.63, 3.8) is 0 Å². The smallest absolute Gasteiger partial charge is 0.352 e. The largest absolute Gasteiger partial charge is 0.434 e. The van der Waals surface area contributed by atoms with Gasteiger partial charge in [0, 0.05) is 6.54 Å². The standard InChI is InChI=1S/C19H15F4N3O/c20-14-6-4-5-13(11-14)9-10-24-18(27)16-12-25-26(17(16)19(21,22)23)15-7-2-1-3-8-15/h1-8,11-12H,9-10H2,(H,24,27). The average Bonchev–Trinajstić information content (AvgIpc) is 3.08. The molecule has 140 valence electrons. The van der Waals surface area contributed by atoms with E-state index in [1.54, 1.807) is 24.3 Å². The first-order valence-electron chi connectivity index (χ1n) is 8.09. The molecule has 0 saturated heterocycles. The van der Waals surface area contributed by atoms with Crippen molar-refractivity contribution < 1.29 is 22.4 Å². The number of carbonyl (C=O) groups is 1. The summed E-state index contributed by atoms with van der Waals surface area (Å²) in [5.41, 5.74) is -0.877. The van der Waals surface area contributed by atoms with Crippen LogP contribution in [-0.2, 0) is 12.6 Å². The van der Waals surface area contributed by atoms with E-state index in [4.69, 9.17) is 0 Å². The molecule has 1 heterocycles. The maximum absolute atomic E-state index is 13.5. The number of rotatable bonds is 5. The van der Waals surface area contributed by atoms with E-state index in [1.165, 1.54) is 30.3 Å². The molecule has 27 heavy (non-hydrogen) atoms. The number of hydrogen-bond donors (Lipinski definition) is 1. The maximum atomic E-state index is 13.5. The minimum atomic E-state index is -4.76. The van der Waals surface area contributed by atoms with Gasteiger partial charge in [0.05, 0.1) is 17.4 Å². The number of nitrogens with one attached hydrogen (secondary N) is 1. The second-order valence-electron chi connectivity index (χ2n) is 5.79. The Hall–Kier alpha value is -3.16. The highest BCUT2D eigenvalue weighted by Crippen LogP contribution is 2.33. The first kappa shape index (κ1) is 18.6. The zero-order valence-corrected chi connectivity index (χ0v) is 14.0. The number of para-hydroxylation sites is 1. The molecule has 1 aromatic heterocycles. The molecule has 8 heteroatoms. The molecule has 0 radical (unpaired) electrons. The molecule has 0 fully saturated rings. The van der Waals surface area contributed by atoms with Crippen LogP contribution in [0.25, 0.3) is 5.69 Å². The molecule has 4 nitrogen and oxygen atoms in total. The van der Waals surface area contributed by atoms with Crippen molar-refractivity contribution in [1.29, 1.82) is 0 Å². The van der Waals surface area contributed by atoms with Crippen LogP contribution in [0.5, 0.6) is 0 Å². The Bertz CT molecular complexity index is 936. The number of aromatic nitrogens is 2. The van der Waals surface area contributed by atoms with Gasteiger partial charge in [0.15, 0.2) is 5.69 Å². The molecule has 0 bridgehead atoms. The second-order valence-corrected chi connectivity index (χ2v) is 5.79. The van der Waals surface area contributed by atoms with Crippen molar-refractivity contribution >= 4 is 5.91 Å². The topological polar surface area (TPSA) is 46.9 Å². The first-order chi connectivity index (χ1) is 12.9. The normalized spacial score (nSPS) is 11.4. The molecule has 0 atom stereocenters. The molecular weight excluding hydrogens is 362 g/mol. The molecule has 0 aliphatic heterocycles. The number of carbonyl (C=O) groups excluding carboxylic acids is 1. The lowest BCUT2D eigenvalue weighted by atomic mass is 10.1. The van der Waals surface area contributed by atoms with Gasteiger partial charge in [0.2, 0.25) is 0 Å². The molecule has 3 aromatic rings. The fourth-order valence-electron chi connectivity index (χ4n) is 2.66. The van der Waals surface area contributed by atoms with Gasteiger partial charge in [-0.3, -0.25) is 4.79 Å². The van der Waals surface area contributed by atoms with Gasteiger partial charge in [0.1, 0.15) is 5.82 Å². The molecule has 0 aliphatic rings. The number of hydrogen-bond acceptors (Lipinski definition) is 2. The minimum absolute atomic E-state index is 0.0656. The summed E-state index contributed by atoms with van der Waals surface area (Å²) in [7, 11) is 0. The zero-order valence-electron chi connectivity index (χ0n) is 14.0. The van der Waals surface area contributed by atoms with Crippen molar-refractivity contribution in [3.8, 4) is 5.69 Å². The minimum Gasteiger partial charge on any atom is -0.352 e. The summed E-state index contributed by atoms with van der Waals surface area (Å²) in [5.74, 6) is -1.30. The van der Waals surface area contributed by atoms with Crippen LogP contribution in [0.3, 0.4) is 0 Å². The molecule has 1 N–H and O–H groups in total. The first-order valence-corrected chi connectivity index (χ1v) is 8.09. The molecule has 0 aliphatic carbocycles. The van der Waals surface area contributed by atoms with Gasteiger partial charge in [-0.05, 0) is 36.2 Å². The number of amides is 1. The van der Waals surface area contributed by atoms with Crippen LogP contribution in [0, 0.1) is 5.82 Å². The van der Waals surface area contributed by atoms with Crippen molar-refractivity contribution in [3.05, 3.63) is 83.4 Å². The van der Waals surface area contributed by atoms with E-state index in [-0.39, 0.29) is 18.7 Å². The molecule has 2 aromatic carbocycles. The highest BCUT2D eigenvalue weighted by Gasteiger charge is 2.40. The van der Waals surface area contributed by atoms with E-state index >= 15 is 0 Å². The number of benzene rings is 2. The third-order valence-corrected chi connectivity index (χ3v) is 3.87. The predicted molar refractivity (Wildman–Crippen MR) is 91.0 cm³/mol. The molecule has 0 spiro atoms. The number of halogens is 4. The van der Waals surface area contributed by atoms with Crippen LogP contribution in [0.4, 0.5) is 17.6 Å². The fourth-order valence-corrected chi connectivity index (χ4v) is 2.66. The Morgan fingerprint density at radius 2 is 1.81 bits per heavy atom. The Kier molecular flexibility index (Phi) is 5.25. The molecule has 0 unspecified atom stereocenters. The molecule has 0 saturated carbocycles. The highest BCUT2D eigenvalue weighted by molar-refractivity contribution is 5.95. The average molecular weight is 377 g/mol. The SMILES string of the molecule is O=C(NCCc1cccc(F)c1)c1cnn(-c2ccccc2)c1C(F)(F)F. The maximum Gasteiger partial charge on any atom is 0.434 e. The summed E-state index contributed by atoms with van der Waals surface area (Å²) < 4.78 is 54.5. The van der Waals surface area contributed by atoms with Gasteiger partial charge >= 0.3 is 6.18 Å². The van der Waals surface area contributed by atoms with E-state index in [9.17, 15) is 22.4 Å². The van der Waals surface area contributed by atoms with Crippen LogP contribution in [0.1, 0.15) is 21.6 Å². The summed E-state index contributed by atoms with van der Waals surface area (Å²) in [6.07, 6.45) is -3.58.